The molecule has 1 aliphatic rings. The molecule has 1 aliphatic heterocycles. The van der Waals surface area contributed by atoms with Gasteiger partial charge < -0.3 is 14.9 Å². The average Bonchev–Trinajstić information content (AvgIpc) is 2.49. The Labute approximate surface area is 83.3 Å². The summed E-state index contributed by atoms with van der Waals surface area (Å²) < 4.78 is 4.88. The number of nitrogens with zero attached hydrogens (tertiary/aromatic N) is 1. The molecular formula is C9H17NO4. The smallest absolute Gasteiger partial charge is 0.303 e. The molecule has 2 N–H and O–H groups in total. The van der Waals surface area contributed by atoms with E-state index in [4.69, 9.17) is 9.84 Å². The Morgan fingerprint density at radius 2 is 2.43 bits per heavy atom. The first-order chi connectivity index (χ1) is 6.61. The standard InChI is InChI=1S/C9H17NO4/c1-7(12)14-9(6-11)5-10-3-2-8(13)4-10/h8-9,11,13H,2-6H2,1H3/t8?,9-/m0/s1. The van der Waals surface area contributed by atoms with Gasteiger partial charge in [0.25, 0.3) is 0 Å². The second-order valence-corrected chi connectivity index (χ2v) is 3.62. The van der Waals surface area contributed by atoms with Crippen LogP contribution >= 0.6 is 0 Å². The third-order valence-electron chi connectivity index (χ3n) is 2.25. The second-order valence-electron chi connectivity index (χ2n) is 3.62. The predicted molar refractivity (Wildman–Crippen MR) is 49.7 cm³/mol. The SMILES string of the molecule is CC(=O)O[C@H](CO)CN1CCC(O)C1. The van der Waals surface area contributed by atoms with Gasteiger partial charge in [0.2, 0.25) is 0 Å². The van der Waals surface area contributed by atoms with Crippen LogP contribution < -0.4 is 0 Å². The fourth-order valence-electron chi connectivity index (χ4n) is 1.63. The van der Waals surface area contributed by atoms with E-state index in [0.29, 0.717) is 13.1 Å². The predicted octanol–water partition coefficient (Wildman–Crippen LogP) is -1.02. The Hall–Kier alpha value is -0.650. The Kier molecular flexibility index (Phi) is 4.31. The average molecular weight is 203 g/mol. The van der Waals surface area contributed by atoms with Gasteiger partial charge in [0.1, 0.15) is 6.10 Å². The van der Waals surface area contributed by atoms with Crippen LogP contribution in [0.25, 0.3) is 0 Å². The van der Waals surface area contributed by atoms with Crippen LogP contribution in [0.3, 0.4) is 0 Å². The molecule has 0 aromatic heterocycles. The van der Waals surface area contributed by atoms with Crippen molar-refractivity contribution >= 4 is 5.97 Å². The number of carbonyl (C=O) groups excluding carboxylic acids is 1. The molecule has 0 radical (unpaired) electrons. The summed E-state index contributed by atoms with van der Waals surface area (Å²) in [5, 5.41) is 18.2. The van der Waals surface area contributed by atoms with Gasteiger partial charge in [0, 0.05) is 26.6 Å². The largest absolute Gasteiger partial charge is 0.459 e. The molecule has 5 heteroatoms. The zero-order valence-electron chi connectivity index (χ0n) is 8.35. The maximum atomic E-state index is 10.6. The van der Waals surface area contributed by atoms with Gasteiger partial charge in [-0.15, -0.1) is 0 Å². The summed E-state index contributed by atoms with van der Waals surface area (Å²) in [6.07, 6.45) is -0.0115. The lowest BCUT2D eigenvalue weighted by Crippen LogP contribution is -2.36. The van der Waals surface area contributed by atoms with Crippen LogP contribution in [0.2, 0.25) is 0 Å². The van der Waals surface area contributed by atoms with Crippen molar-refractivity contribution in [1.82, 2.24) is 4.90 Å². The normalized spacial score (nSPS) is 24.9. The van der Waals surface area contributed by atoms with E-state index in [2.05, 4.69) is 0 Å². The molecule has 1 rings (SSSR count). The zero-order valence-corrected chi connectivity index (χ0v) is 8.35. The number of esters is 1. The molecular weight excluding hydrogens is 186 g/mol. The van der Waals surface area contributed by atoms with Crippen LogP contribution in [0.15, 0.2) is 0 Å². The van der Waals surface area contributed by atoms with Crippen LogP contribution in [0, 0.1) is 0 Å². The van der Waals surface area contributed by atoms with Gasteiger partial charge in [0.05, 0.1) is 12.7 Å². The topological polar surface area (TPSA) is 70.0 Å². The van der Waals surface area contributed by atoms with Crippen molar-refractivity contribution in [2.45, 2.75) is 25.6 Å². The van der Waals surface area contributed by atoms with E-state index in [1.165, 1.54) is 6.92 Å². The number of carbonyl (C=O) groups is 1. The third-order valence-corrected chi connectivity index (χ3v) is 2.25. The Morgan fingerprint density at radius 3 is 2.86 bits per heavy atom. The summed E-state index contributed by atoms with van der Waals surface area (Å²) in [6, 6.07) is 0. The molecule has 82 valence electrons. The fourth-order valence-corrected chi connectivity index (χ4v) is 1.63. The molecule has 0 spiro atoms. The van der Waals surface area contributed by atoms with Gasteiger partial charge in [-0.05, 0) is 6.42 Å². The molecule has 0 aliphatic carbocycles. The quantitative estimate of drug-likeness (QED) is 0.572. The van der Waals surface area contributed by atoms with E-state index in [9.17, 15) is 9.90 Å². The summed E-state index contributed by atoms with van der Waals surface area (Å²) in [5.74, 6) is -0.385. The maximum absolute atomic E-state index is 10.6. The van der Waals surface area contributed by atoms with E-state index in [-0.39, 0.29) is 18.7 Å². The molecule has 0 amide bonds. The van der Waals surface area contributed by atoms with Crippen LogP contribution in [0.4, 0.5) is 0 Å². The van der Waals surface area contributed by atoms with Crippen LogP contribution in [0.1, 0.15) is 13.3 Å². The number of β-amino-alcohol motifs (C(OH)–C–C–N with tert-alkyl or cyclic N) is 1. The first-order valence-corrected chi connectivity index (χ1v) is 4.80. The molecule has 0 aromatic carbocycles. The molecule has 0 aromatic rings. The lowest BCUT2D eigenvalue weighted by Gasteiger charge is -2.21. The summed E-state index contributed by atoms with van der Waals surface area (Å²) >= 11 is 0. The summed E-state index contributed by atoms with van der Waals surface area (Å²) in [4.78, 5) is 12.6. The van der Waals surface area contributed by atoms with E-state index in [0.717, 1.165) is 13.0 Å². The van der Waals surface area contributed by atoms with Crippen molar-refractivity contribution in [3.05, 3.63) is 0 Å². The van der Waals surface area contributed by atoms with Gasteiger partial charge in [0.15, 0.2) is 0 Å². The third kappa shape index (κ3) is 3.61. The summed E-state index contributed by atoms with van der Waals surface area (Å²) in [5.41, 5.74) is 0. The molecule has 5 nitrogen and oxygen atoms in total. The van der Waals surface area contributed by atoms with Gasteiger partial charge in [-0.1, -0.05) is 0 Å². The van der Waals surface area contributed by atoms with Crippen LogP contribution in [-0.2, 0) is 9.53 Å². The number of hydrogen-bond acceptors (Lipinski definition) is 5. The molecule has 2 atom stereocenters. The first-order valence-electron chi connectivity index (χ1n) is 4.80. The number of ether oxygens (including phenoxy) is 1. The zero-order chi connectivity index (χ0) is 10.6. The fraction of sp³-hybridized carbons (Fsp3) is 0.889. The molecule has 0 saturated carbocycles. The molecule has 14 heavy (non-hydrogen) atoms. The lowest BCUT2D eigenvalue weighted by atomic mass is 10.3. The molecule has 0 bridgehead atoms. The Morgan fingerprint density at radius 1 is 1.71 bits per heavy atom. The number of aliphatic hydroxyl groups excluding tert-OH is 2. The molecule has 1 heterocycles. The number of rotatable bonds is 4. The maximum Gasteiger partial charge on any atom is 0.303 e. The van der Waals surface area contributed by atoms with Crippen molar-refractivity contribution < 1.29 is 19.7 Å². The number of hydrogen-bond donors (Lipinski definition) is 2. The van der Waals surface area contributed by atoms with Crippen molar-refractivity contribution in [2.24, 2.45) is 0 Å². The Bertz CT molecular complexity index is 197. The van der Waals surface area contributed by atoms with Crippen molar-refractivity contribution in [1.29, 1.82) is 0 Å². The van der Waals surface area contributed by atoms with Crippen LogP contribution in [0.5, 0.6) is 0 Å². The van der Waals surface area contributed by atoms with Crippen molar-refractivity contribution in [2.75, 3.05) is 26.2 Å². The minimum Gasteiger partial charge on any atom is -0.459 e. The highest BCUT2D eigenvalue weighted by atomic mass is 16.5. The van der Waals surface area contributed by atoms with Crippen LogP contribution in [-0.4, -0.2) is 59.5 Å². The lowest BCUT2D eigenvalue weighted by molar-refractivity contribution is -0.149. The summed E-state index contributed by atoms with van der Waals surface area (Å²) in [7, 11) is 0. The van der Waals surface area contributed by atoms with E-state index in [1.54, 1.807) is 0 Å². The van der Waals surface area contributed by atoms with Gasteiger partial charge in [-0.3, -0.25) is 9.69 Å². The van der Waals surface area contributed by atoms with Gasteiger partial charge in [-0.2, -0.15) is 0 Å². The molecule has 1 saturated heterocycles. The van der Waals surface area contributed by atoms with E-state index in [1.807, 2.05) is 4.90 Å². The second kappa shape index (κ2) is 5.29. The monoisotopic (exact) mass is 203 g/mol. The number of aliphatic hydroxyl groups is 2. The highest BCUT2D eigenvalue weighted by molar-refractivity contribution is 5.66. The number of likely N-dealkylation sites (tertiary alicyclic amines) is 1. The first kappa shape index (κ1) is 11.4. The molecule has 1 unspecified atom stereocenters. The van der Waals surface area contributed by atoms with Gasteiger partial charge >= 0.3 is 5.97 Å². The van der Waals surface area contributed by atoms with E-state index >= 15 is 0 Å². The molecule has 1 fully saturated rings. The highest BCUT2D eigenvalue weighted by Crippen LogP contribution is 2.09. The Balaban J connectivity index is 2.29. The van der Waals surface area contributed by atoms with Gasteiger partial charge in [-0.25, -0.2) is 0 Å². The van der Waals surface area contributed by atoms with E-state index < -0.39 is 6.10 Å². The van der Waals surface area contributed by atoms with Crippen molar-refractivity contribution in [3.8, 4) is 0 Å². The van der Waals surface area contributed by atoms with Crippen molar-refractivity contribution in [3.63, 3.8) is 0 Å². The summed E-state index contributed by atoms with van der Waals surface area (Å²) in [6.45, 7) is 3.03. The highest BCUT2D eigenvalue weighted by Gasteiger charge is 2.23. The minimum absolute atomic E-state index is 0.174. The minimum atomic E-state index is -0.474.